The van der Waals surface area contributed by atoms with Crippen LogP contribution in [0.25, 0.3) is 0 Å². The van der Waals surface area contributed by atoms with E-state index in [1.54, 1.807) is 29.2 Å². The van der Waals surface area contributed by atoms with Gasteiger partial charge in [0, 0.05) is 35.4 Å². The second-order valence-electron chi connectivity index (χ2n) is 8.14. The average molecular weight is 516 g/mol. The molecule has 0 saturated carbocycles. The Balaban J connectivity index is 1.56. The number of nitrogens with one attached hydrogen (secondary N) is 2. The minimum atomic E-state index is -0.334. The largest absolute Gasteiger partial charge is 0.484 e. The molecule has 0 aromatic heterocycles. The predicted molar refractivity (Wildman–Crippen MR) is 133 cm³/mol. The van der Waals surface area contributed by atoms with Crippen LogP contribution in [0.2, 0.25) is 0 Å². The van der Waals surface area contributed by atoms with E-state index in [0.717, 1.165) is 34.1 Å². The molecule has 3 rings (SSSR count). The SMILES string of the molecule is CCCNC(=O)[C@@H]1CC(=O)N(c2ccc(OCC(=O)Nc3c(C)cc(Br)cc3CC)cc2)C1. The van der Waals surface area contributed by atoms with Crippen LogP contribution in [0.15, 0.2) is 40.9 Å². The number of hydrogen-bond donors (Lipinski definition) is 2. The van der Waals surface area contributed by atoms with E-state index in [4.69, 9.17) is 4.74 Å². The van der Waals surface area contributed by atoms with Gasteiger partial charge in [0.1, 0.15) is 5.75 Å². The van der Waals surface area contributed by atoms with Crippen molar-refractivity contribution in [1.29, 1.82) is 0 Å². The van der Waals surface area contributed by atoms with Crippen LogP contribution in [0, 0.1) is 12.8 Å². The van der Waals surface area contributed by atoms with Crippen LogP contribution in [-0.4, -0.2) is 37.4 Å². The summed E-state index contributed by atoms with van der Waals surface area (Å²) in [6, 6.07) is 11.0. The van der Waals surface area contributed by atoms with Crippen LogP contribution >= 0.6 is 15.9 Å². The molecule has 1 aliphatic rings. The molecule has 0 unspecified atom stereocenters. The monoisotopic (exact) mass is 515 g/mol. The Morgan fingerprint density at radius 1 is 1.18 bits per heavy atom. The van der Waals surface area contributed by atoms with Gasteiger partial charge in [0.05, 0.1) is 5.92 Å². The molecule has 7 nitrogen and oxygen atoms in total. The summed E-state index contributed by atoms with van der Waals surface area (Å²) in [6.45, 7) is 6.84. The van der Waals surface area contributed by atoms with Crippen molar-refractivity contribution in [3.8, 4) is 5.75 Å². The zero-order valence-corrected chi connectivity index (χ0v) is 20.8. The van der Waals surface area contributed by atoms with Crippen molar-refractivity contribution in [3.05, 3.63) is 52.0 Å². The number of carbonyl (C=O) groups excluding carboxylic acids is 3. The summed E-state index contributed by atoms with van der Waals surface area (Å²) in [6.07, 6.45) is 1.87. The highest BCUT2D eigenvalue weighted by atomic mass is 79.9. The third-order valence-corrected chi connectivity index (χ3v) is 6.05. The summed E-state index contributed by atoms with van der Waals surface area (Å²) in [7, 11) is 0. The summed E-state index contributed by atoms with van der Waals surface area (Å²) in [4.78, 5) is 38.7. The Morgan fingerprint density at radius 3 is 2.58 bits per heavy atom. The van der Waals surface area contributed by atoms with Crippen molar-refractivity contribution in [2.24, 2.45) is 5.92 Å². The first-order valence-electron chi connectivity index (χ1n) is 11.2. The van der Waals surface area contributed by atoms with E-state index in [2.05, 4.69) is 26.6 Å². The van der Waals surface area contributed by atoms with Gasteiger partial charge in [0.25, 0.3) is 5.91 Å². The van der Waals surface area contributed by atoms with Gasteiger partial charge in [-0.3, -0.25) is 14.4 Å². The Labute approximate surface area is 203 Å². The number of rotatable bonds is 9. The Bertz CT molecular complexity index is 1020. The first kappa shape index (κ1) is 24.8. The van der Waals surface area contributed by atoms with Crippen LogP contribution < -0.4 is 20.3 Å². The van der Waals surface area contributed by atoms with Crippen LogP contribution in [-0.2, 0) is 20.8 Å². The molecule has 1 aliphatic heterocycles. The number of anilines is 2. The van der Waals surface area contributed by atoms with E-state index in [1.165, 1.54) is 0 Å². The molecule has 1 saturated heterocycles. The molecule has 2 N–H and O–H groups in total. The third kappa shape index (κ3) is 6.35. The molecule has 1 heterocycles. The Kier molecular flexibility index (Phi) is 8.49. The van der Waals surface area contributed by atoms with E-state index in [9.17, 15) is 14.4 Å². The topological polar surface area (TPSA) is 87.7 Å². The number of ether oxygens (including phenoxy) is 1. The van der Waals surface area contributed by atoms with Gasteiger partial charge in [-0.25, -0.2) is 0 Å². The lowest BCUT2D eigenvalue weighted by Crippen LogP contribution is -2.33. The first-order chi connectivity index (χ1) is 15.8. The first-order valence-corrected chi connectivity index (χ1v) is 12.0. The van der Waals surface area contributed by atoms with Crippen molar-refractivity contribution in [2.45, 2.75) is 40.0 Å². The fourth-order valence-corrected chi connectivity index (χ4v) is 4.46. The second kappa shape index (κ2) is 11.3. The zero-order chi connectivity index (χ0) is 24.0. The van der Waals surface area contributed by atoms with Gasteiger partial charge in [-0.1, -0.05) is 29.8 Å². The molecule has 2 aromatic rings. The molecule has 1 fully saturated rings. The summed E-state index contributed by atoms with van der Waals surface area (Å²) in [5.74, 6) is -0.197. The number of hydrogen-bond acceptors (Lipinski definition) is 4. The minimum Gasteiger partial charge on any atom is -0.484 e. The molecular formula is C25H30BrN3O4. The van der Waals surface area contributed by atoms with Gasteiger partial charge < -0.3 is 20.3 Å². The highest BCUT2D eigenvalue weighted by Crippen LogP contribution is 2.28. The summed E-state index contributed by atoms with van der Waals surface area (Å²) >= 11 is 3.49. The quantitative estimate of drug-likeness (QED) is 0.523. The Morgan fingerprint density at radius 2 is 1.91 bits per heavy atom. The summed E-state index contributed by atoms with van der Waals surface area (Å²) in [5, 5.41) is 5.80. The van der Waals surface area contributed by atoms with Gasteiger partial charge >= 0.3 is 0 Å². The third-order valence-electron chi connectivity index (χ3n) is 5.59. The smallest absolute Gasteiger partial charge is 0.262 e. The van der Waals surface area contributed by atoms with Crippen molar-refractivity contribution >= 4 is 45.0 Å². The lowest BCUT2D eigenvalue weighted by molar-refractivity contribution is -0.126. The fourth-order valence-electron chi connectivity index (χ4n) is 3.84. The van der Waals surface area contributed by atoms with E-state index < -0.39 is 0 Å². The average Bonchev–Trinajstić information content (AvgIpc) is 3.19. The molecule has 8 heteroatoms. The number of nitrogens with zero attached hydrogens (tertiary/aromatic N) is 1. The van der Waals surface area contributed by atoms with Crippen molar-refractivity contribution in [1.82, 2.24) is 5.32 Å². The molecule has 0 aliphatic carbocycles. The Hall–Kier alpha value is -2.87. The normalized spacial score (nSPS) is 15.5. The number of carbonyl (C=O) groups is 3. The molecular weight excluding hydrogens is 486 g/mol. The van der Waals surface area contributed by atoms with Gasteiger partial charge in [-0.05, 0) is 67.3 Å². The maximum atomic E-state index is 12.4. The van der Waals surface area contributed by atoms with Crippen LogP contribution in [0.5, 0.6) is 5.75 Å². The number of halogens is 1. The van der Waals surface area contributed by atoms with Crippen molar-refractivity contribution in [3.63, 3.8) is 0 Å². The molecule has 3 amide bonds. The molecule has 176 valence electrons. The molecule has 0 radical (unpaired) electrons. The number of aryl methyl sites for hydroxylation is 2. The minimum absolute atomic E-state index is 0.0729. The fraction of sp³-hybridized carbons (Fsp3) is 0.400. The number of amides is 3. The second-order valence-corrected chi connectivity index (χ2v) is 9.05. The standard InChI is InChI=1S/C25H30BrN3O4/c1-4-10-27-25(32)18-13-23(31)29(14-18)20-6-8-21(9-7-20)33-15-22(30)28-24-16(3)11-19(26)12-17(24)5-2/h6-9,11-12,18H,4-5,10,13-15H2,1-3H3,(H,27,32)(H,28,30)/t18-/m1/s1. The summed E-state index contributed by atoms with van der Waals surface area (Å²) < 4.78 is 6.62. The van der Waals surface area contributed by atoms with Crippen LogP contribution in [0.3, 0.4) is 0 Å². The van der Waals surface area contributed by atoms with Gasteiger partial charge in [-0.2, -0.15) is 0 Å². The van der Waals surface area contributed by atoms with Crippen molar-refractivity contribution in [2.75, 3.05) is 29.9 Å². The van der Waals surface area contributed by atoms with E-state index >= 15 is 0 Å². The van der Waals surface area contributed by atoms with Crippen molar-refractivity contribution < 1.29 is 19.1 Å². The van der Waals surface area contributed by atoms with Gasteiger partial charge in [0.15, 0.2) is 6.61 Å². The molecule has 33 heavy (non-hydrogen) atoms. The van der Waals surface area contributed by atoms with E-state index in [0.29, 0.717) is 24.5 Å². The van der Waals surface area contributed by atoms with E-state index in [1.807, 2.05) is 32.9 Å². The number of benzene rings is 2. The molecule has 1 atom stereocenters. The lowest BCUT2D eigenvalue weighted by Gasteiger charge is -2.17. The zero-order valence-electron chi connectivity index (χ0n) is 19.2. The maximum Gasteiger partial charge on any atom is 0.262 e. The predicted octanol–water partition coefficient (Wildman–Crippen LogP) is 4.22. The maximum absolute atomic E-state index is 12.4. The summed E-state index contributed by atoms with van der Waals surface area (Å²) in [5.41, 5.74) is 3.56. The lowest BCUT2D eigenvalue weighted by atomic mass is 10.1. The highest BCUT2D eigenvalue weighted by molar-refractivity contribution is 9.10. The highest BCUT2D eigenvalue weighted by Gasteiger charge is 2.34. The van der Waals surface area contributed by atoms with Gasteiger partial charge in [0.2, 0.25) is 11.8 Å². The molecule has 0 bridgehead atoms. The molecule has 0 spiro atoms. The van der Waals surface area contributed by atoms with Crippen LogP contribution in [0.4, 0.5) is 11.4 Å². The molecule has 2 aromatic carbocycles. The van der Waals surface area contributed by atoms with E-state index in [-0.39, 0.29) is 36.7 Å². The van der Waals surface area contributed by atoms with Gasteiger partial charge in [-0.15, -0.1) is 0 Å². The van der Waals surface area contributed by atoms with Crippen LogP contribution in [0.1, 0.15) is 37.8 Å².